The van der Waals surface area contributed by atoms with Crippen LogP contribution in [0.25, 0.3) is 0 Å². The summed E-state index contributed by atoms with van der Waals surface area (Å²) in [5, 5.41) is 15.6. The number of hydrogen-bond donors (Lipinski definition) is 3. The molecule has 0 saturated carbocycles. The molecule has 0 saturated heterocycles. The normalized spacial score (nSPS) is 13.2. The third kappa shape index (κ3) is 2.59. The summed E-state index contributed by atoms with van der Waals surface area (Å²) in [5.41, 5.74) is 3.60. The van der Waals surface area contributed by atoms with Crippen molar-refractivity contribution < 1.29 is 9.90 Å². The first kappa shape index (κ1) is 12.5. The summed E-state index contributed by atoms with van der Waals surface area (Å²) in [5.74, 6) is -0.128. The highest BCUT2D eigenvalue weighted by atomic mass is 16.3. The number of benzene rings is 2. The SMILES string of the molecule is O=C(Nc1ccc2c(c1)CCCN2)c1cccc(O)c1. The highest BCUT2D eigenvalue weighted by Gasteiger charge is 2.11. The molecule has 4 nitrogen and oxygen atoms in total. The topological polar surface area (TPSA) is 61.4 Å². The van der Waals surface area contributed by atoms with Gasteiger partial charge in [-0.2, -0.15) is 0 Å². The third-order valence-corrected chi connectivity index (χ3v) is 3.41. The molecule has 0 unspecified atom stereocenters. The summed E-state index contributed by atoms with van der Waals surface area (Å²) in [6.07, 6.45) is 2.13. The van der Waals surface area contributed by atoms with Crippen LogP contribution in [0.2, 0.25) is 0 Å². The second-order valence-corrected chi connectivity index (χ2v) is 4.91. The smallest absolute Gasteiger partial charge is 0.255 e. The number of carbonyl (C=O) groups is 1. The Bertz CT molecular complexity index is 653. The quantitative estimate of drug-likeness (QED) is 0.784. The molecule has 2 aromatic rings. The summed E-state index contributed by atoms with van der Waals surface area (Å²) in [7, 11) is 0. The van der Waals surface area contributed by atoms with E-state index in [-0.39, 0.29) is 11.7 Å². The molecule has 0 spiro atoms. The van der Waals surface area contributed by atoms with Crippen LogP contribution < -0.4 is 10.6 Å². The average Bonchev–Trinajstić information content (AvgIpc) is 2.47. The van der Waals surface area contributed by atoms with E-state index in [0.29, 0.717) is 5.56 Å². The van der Waals surface area contributed by atoms with Gasteiger partial charge in [-0.25, -0.2) is 0 Å². The minimum Gasteiger partial charge on any atom is -0.508 e. The maximum absolute atomic E-state index is 12.1. The zero-order valence-corrected chi connectivity index (χ0v) is 11.0. The highest BCUT2D eigenvalue weighted by Crippen LogP contribution is 2.25. The van der Waals surface area contributed by atoms with Crippen LogP contribution in [0.3, 0.4) is 0 Å². The van der Waals surface area contributed by atoms with Crippen LogP contribution in [-0.2, 0) is 6.42 Å². The fourth-order valence-corrected chi connectivity index (χ4v) is 2.40. The second-order valence-electron chi connectivity index (χ2n) is 4.91. The number of nitrogens with one attached hydrogen (secondary N) is 2. The van der Waals surface area contributed by atoms with Crippen molar-refractivity contribution in [2.45, 2.75) is 12.8 Å². The number of amides is 1. The number of anilines is 2. The molecule has 4 heteroatoms. The Hall–Kier alpha value is -2.49. The maximum atomic E-state index is 12.1. The third-order valence-electron chi connectivity index (χ3n) is 3.41. The lowest BCUT2D eigenvalue weighted by Crippen LogP contribution is -2.14. The van der Waals surface area contributed by atoms with Gasteiger partial charge in [0.15, 0.2) is 0 Å². The van der Waals surface area contributed by atoms with Gasteiger partial charge >= 0.3 is 0 Å². The predicted octanol–water partition coefficient (Wildman–Crippen LogP) is 3.00. The minimum atomic E-state index is -0.218. The van der Waals surface area contributed by atoms with Crippen molar-refractivity contribution in [3.8, 4) is 5.75 Å². The molecular formula is C16H16N2O2. The summed E-state index contributed by atoms with van der Waals surface area (Å²) < 4.78 is 0. The van der Waals surface area contributed by atoms with Crippen molar-refractivity contribution in [3.05, 3.63) is 53.6 Å². The first-order chi connectivity index (χ1) is 9.72. The summed E-state index contributed by atoms with van der Waals surface area (Å²) >= 11 is 0. The van der Waals surface area contributed by atoms with E-state index in [0.717, 1.165) is 30.8 Å². The Labute approximate surface area is 117 Å². The Morgan fingerprint density at radius 3 is 2.95 bits per heavy atom. The molecule has 1 aliphatic rings. The fourth-order valence-electron chi connectivity index (χ4n) is 2.40. The van der Waals surface area contributed by atoms with E-state index >= 15 is 0 Å². The van der Waals surface area contributed by atoms with E-state index in [2.05, 4.69) is 10.6 Å². The molecule has 0 aromatic heterocycles. The van der Waals surface area contributed by atoms with Crippen molar-refractivity contribution in [1.82, 2.24) is 0 Å². The van der Waals surface area contributed by atoms with Gasteiger partial charge in [0, 0.05) is 23.5 Å². The molecule has 102 valence electrons. The number of hydrogen-bond acceptors (Lipinski definition) is 3. The van der Waals surface area contributed by atoms with Crippen LogP contribution in [0.1, 0.15) is 22.3 Å². The van der Waals surface area contributed by atoms with E-state index in [1.54, 1.807) is 18.2 Å². The van der Waals surface area contributed by atoms with Gasteiger partial charge in [-0.3, -0.25) is 4.79 Å². The van der Waals surface area contributed by atoms with Gasteiger partial charge in [0.25, 0.3) is 5.91 Å². The van der Waals surface area contributed by atoms with Crippen molar-refractivity contribution in [3.63, 3.8) is 0 Å². The van der Waals surface area contributed by atoms with Gasteiger partial charge in [-0.05, 0) is 54.8 Å². The van der Waals surface area contributed by atoms with E-state index in [1.165, 1.54) is 11.6 Å². The van der Waals surface area contributed by atoms with Crippen LogP contribution >= 0.6 is 0 Å². The number of aryl methyl sites for hydroxylation is 1. The molecule has 3 rings (SSSR count). The van der Waals surface area contributed by atoms with Crippen LogP contribution in [0.5, 0.6) is 5.75 Å². The van der Waals surface area contributed by atoms with Crippen molar-refractivity contribution >= 4 is 17.3 Å². The second kappa shape index (κ2) is 5.25. The van der Waals surface area contributed by atoms with E-state index in [4.69, 9.17) is 0 Å². The highest BCUT2D eigenvalue weighted by molar-refractivity contribution is 6.04. The predicted molar refractivity (Wildman–Crippen MR) is 79.3 cm³/mol. The van der Waals surface area contributed by atoms with E-state index < -0.39 is 0 Å². The van der Waals surface area contributed by atoms with Gasteiger partial charge in [0.05, 0.1) is 0 Å². The number of phenols is 1. The molecule has 0 bridgehead atoms. The lowest BCUT2D eigenvalue weighted by Gasteiger charge is -2.18. The minimum absolute atomic E-state index is 0.0901. The van der Waals surface area contributed by atoms with E-state index in [1.807, 2.05) is 18.2 Å². The molecule has 0 atom stereocenters. The van der Waals surface area contributed by atoms with Gasteiger partial charge in [-0.15, -0.1) is 0 Å². The summed E-state index contributed by atoms with van der Waals surface area (Å²) in [6.45, 7) is 1.00. The maximum Gasteiger partial charge on any atom is 0.255 e. The number of phenolic OH excluding ortho intramolecular Hbond substituents is 1. The Kier molecular flexibility index (Phi) is 3.29. The molecular weight excluding hydrogens is 252 g/mol. The van der Waals surface area contributed by atoms with Gasteiger partial charge < -0.3 is 15.7 Å². The van der Waals surface area contributed by atoms with Gasteiger partial charge in [0.2, 0.25) is 0 Å². The molecule has 1 amide bonds. The molecule has 20 heavy (non-hydrogen) atoms. The molecule has 1 heterocycles. The van der Waals surface area contributed by atoms with Gasteiger partial charge in [0.1, 0.15) is 5.75 Å². The van der Waals surface area contributed by atoms with Crippen molar-refractivity contribution in [2.75, 3.05) is 17.2 Å². The zero-order valence-electron chi connectivity index (χ0n) is 11.0. The Morgan fingerprint density at radius 2 is 2.10 bits per heavy atom. The van der Waals surface area contributed by atoms with Gasteiger partial charge in [-0.1, -0.05) is 6.07 Å². The molecule has 0 aliphatic carbocycles. The molecule has 0 radical (unpaired) electrons. The molecule has 2 aromatic carbocycles. The fraction of sp³-hybridized carbons (Fsp3) is 0.188. The molecule has 1 aliphatic heterocycles. The number of rotatable bonds is 2. The number of carbonyl (C=O) groups excluding carboxylic acids is 1. The zero-order chi connectivity index (χ0) is 13.9. The summed E-state index contributed by atoms with van der Waals surface area (Å²) in [4.78, 5) is 12.1. The van der Waals surface area contributed by atoms with Crippen LogP contribution in [0.4, 0.5) is 11.4 Å². The lowest BCUT2D eigenvalue weighted by molar-refractivity contribution is 0.102. The summed E-state index contributed by atoms with van der Waals surface area (Å²) in [6, 6.07) is 12.2. The first-order valence-electron chi connectivity index (χ1n) is 6.69. The first-order valence-corrected chi connectivity index (χ1v) is 6.69. The largest absolute Gasteiger partial charge is 0.508 e. The Morgan fingerprint density at radius 1 is 1.20 bits per heavy atom. The Balaban J connectivity index is 1.79. The monoisotopic (exact) mass is 268 g/mol. The number of aromatic hydroxyl groups is 1. The van der Waals surface area contributed by atoms with Crippen LogP contribution in [0, 0.1) is 0 Å². The van der Waals surface area contributed by atoms with E-state index in [9.17, 15) is 9.90 Å². The van der Waals surface area contributed by atoms with Crippen LogP contribution in [0.15, 0.2) is 42.5 Å². The van der Waals surface area contributed by atoms with Crippen molar-refractivity contribution in [1.29, 1.82) is 0 Å². The lowest BCUT2D eigenvalue weighted by atomic mass is 10.0. The standard InChI is InChI=1S/C16H16N2O2/c19-14-5-1-3-12(10-14)16(20)18-13-6-7-15-11(9-13)4-2-8-17-15/h1,3,5-7,9-10,17,19H,2,4,8H2,(H,18,20). The number of fused-ring (bicyclic) bond motifs is 1. The average molecular weight is 268 g/mol. The van der Waals surface area contributed by atoms with Crippen molar-refractivity contribution in [2.24, 2.45) is 0 Å². The molecule has 0 fully saturated rings. The van der Waals surface area contributed by atoms with Crippen LogP contribution in [-0.4, -0.2) is 17.6 Å². The molecule has 3 N–H and O–H groups in total.